The molecule has 2 aliphatic carbocycles. The fourth-order valence-corrected chi connectivity index (χ4v) is 4.07. The number of aryl methyl sites for hydroxylation is 1. The van der Waals surface area contributed by atoms with Crippen molar-refractivity contribution in [2.24, 2.45) is 17.8 Å². The lowest BCUT2D eigenvalue weighted by Crippen LogP contribution is -2.30. The smallest absolute Gasteiger partial charge is 0.0834 e. The van der Waals surface area contributed by atoms with Crippen LogP contribution in [0, 0.1) is 17.8 Å². The van der Waals surface area contributed by atoms with Gasteiger partial charge in [-0.3, -0.25) is 4.68 Å². The molecule has 1 aromatic heterocycles. The molecule has 0 radical (unpaired) electrons. The van der Waals surface area contributed by atoms with E-state index in [4.69, 9.17) is 11.6 Å². The molecule has 0 amide bonds. The number of hydrogen-bond donors (Lipinski definition) is 1. The fraction of sp³-hybridized carbons (Fsp3) is 0.800. The zero-order chi connectivity index (χ0) is 13.4. The number of nitrogens with one attached hydrogen (secondary N) is 1. The Morgan fingerprint density at radius 2 is 2.11 bits per heavy atom. The first kappa shape index (κ1) is 13.4. The molecule has 0 saturated heterocycles. The third-order valence-corrected chi connectivity index (χ3v) is 5.03. The second-order valence-electron chi connectivity index (χ2n) is 6.12. The predicted molar refractivity (Wildman–Crippen MR) is 78.3 cm³/mol. The number of aromatic nitrogens is 2. The zero-order valence-electron chi connectivity index (χ0n) is 11.9. The maximum absolute atomic E-state index is 6.41. The first-order valence-corrected chi connectivity index (χ1v) is 8.06. The Kier molecular flexibility index (Phi) is 3.86. The van der Waals surface area contributed by atoms with Crippen LogP contribution in [-0.2, 0) is 6.54 Å². The van der Waals surface area contributed by atoms with Crippen molar-refractivity contribution in [3.8, 4) is 0 Å². The number of hydrogen-bond acceptors (Lipinski definition) is 2. The van der Waals surface area contributed by atoms with Gasteiger partial charge in [-0.05, 0) is 50.0 Å². The molecule has 3 atom stereocenters. The van der Waals surface area contributed by atoms with Crippen molar-refractivity contribution >= 4 is 11.6 Å². The van der Waals surface area contributed by atoms with Gasteiger partial charge in [0.2, 0.25) is 0 Å². The van der Waals surface area contributed by atoms with Gasteiger partial charge in [0.1, 0.15) is 0 Å². The molecule has 0 aromatic carbocycles. The van der Waals surface area contributed by atoms with Crippen LogP contribution in [0.25, 0.3) is 0 Å². The molecule has 106 valence electrons. The number of rotatable bonds is 6. The highest BCUT2D eigenvalue weighted by molar-refractivity contribution is 6.31. The molecule has 2 aliphatic rings. The molecule has 0 bridgehead atoms. The van der Waals surface area contributed by atoms with Crippen LogP contribution in [0.2, 0.25) is 5.02 Å². The third kappa shape index (κ3) is 2.55. The summed E-state index contributed by atoms with van der Waals surface area (Å²) in [6.07, 6.45) is 7.12. The van der Waals surface area contributed by atoms with Crippen molar-refractivity contribution in [3.05, 3.63) is 16.9 Å². The Labute approximate surface area is 120 Å². The highest BCUT2D eigenvalue weighted by Gasteiger charge is 2.48. The Hall–Kier alpha value is -0.540. The standard InChI is InChI=1S/C15H24ClN3/c1-3-5-19-15(13(16)9-18-19)14(17-4-2)12-7-10-6-11(10)8-12/h9-12,14,17H,3-8H2,1-2H3. The molecular weight excluding hydrogens is 258 g/mol. The molecule has 19 heavy (non-hydrogen) atoms. The minimum absolute atomic E-state index is 0.388. The molecule has 0 spiro atoms. The van der Waals surface area contributed by atoms with Gasteiger partial charge < -0.3 is 5.32 Å². The summed E-state index contributed by atoms with van der Waals surface area (Å²) in [4.78, 5) is 0. The average Bonchev–Trinajstić information content (AvgIpc) is 2.84. The highest BCUT2D eigenvalue weighted by Crippen LogP contribution is 2.57. The van der Waals surface area contributed by atoms with Gasteiger partial charge in [-0.2, -0.15) is 5.10 Å². The fourth-order valence-electron chi connectivity index (χ4n) is 3.81. The molecule has 3 rings (SSSR count). The summed E-state index contributed by atoms with van der Waals surface area (Å²) in [5.74, 6) is 2.76. The molecule has 4 heteroatoms. The van der Waals surface area contributed by atoms with Crippen molar-refractivity contribution in [1.82, 2.24) is 15.1 Å². The Balaban J connectivity index is 1.84. The van der Waals surface area contributed by atoms with Gasteiger partial charge in [-0.15, -0.1) is 0 Å². The van der Waals surface area contributed by atoms with Crippen molar-refractivity contribution in [2.45, 2.75) is 52.1 Å². The lowest BCUT2D eigenvalue weighted by Gasteiger charge is -2.27. The van der Waals surface area contributed by atoms with Crippen molar-refractivity contribution in [1.29, 1.82) is 0 Å². The first-order valence-electron chi connectivity index (χ1n) is 7.69. The summed E-state index contributed by atoms with van der Waals surface area (Å²) in [7, 11) is 0. The molecule has 2 saturated carbocycles. The summed E-state index contributed by atoms with van der Waals surface area (Å²) in [6.45, 7) is 6.32. The minimum Gasteiger partial charge on any atom is -0.309 e. The van der Waals surface area contributed by atoms with E-state index in [-0.39, 0.29) is 0 Å². The summed E-state index contributed by atoms with van der Waals surface area (Å²) in [5, 5.41) is 8.95. The Bertz CT molecular complexity index is 433. The summed E-state index contributed by atoms with van der Waals surface area (Å²) < 4.78 is 2.11. The van der Waals surface area contributed by atoms with Crippen LogP contribution in [0.4, 0.5) is 0 Å². The monoisotopic (exact) mass is 281 g/mol. The molecule has 1 aromatic rings. The second kappa shape index (κ2) is 5.45. The minimum atomic E-state index is 0.388. The maximum atomic E-state index is 6.41. The van der Waals surface area contributed by atoms with Crippen LogP contribution in [0.3, 0.4) is 0 Å². The van der Waals surface area contributed by atoms with Gasteiger partial charge in [0.25, 0.3) is 0 Å². The van der Waals surface area contributed by atoms with Gasteiger partial charge in [-0.1, -0.05) is 25.4 Å². The SMILES string of the molecule is CCCn1ncc(Cl)c1C(NCC)C1CC2CC2C1. The van der Waals surface area contributed by atoms with E-state index in [9.17, 15) is 0 Å². The molecule has 0 aliphatic heterocycles. The van der Waals surface area contributed by atoms with E-state index in [0.717, 1.165) is 42.3 Å². The summed E-state index contributed by atoms with van der Waals surface area (Å²) in [6, 6.07) is 0.388. The molecule has 3 nitrogen and oxygen atoms in total. The van der Waals surface area contributed by atoms with Crippen LogP contribution in [-0.4, -0.2) is 16.3 Å². The van der Waals surface area contributed by atoms with E-state index in [1.807, 2.05) is 6.20 Å². The van der Waals surface area contributed by atoms with Crippen molar-refractivity contribution in [2.75, 3.05) is 6.54 Å². The summed E-state index contributed by atoms with van der Waals surface area (Å²) in [5.41, 5.74) is 1.22. The summed E-state index contributed by atoms with van der Waals surface area (Å²) >= 11 is 6.41. The zero-order valence-corrected chi connectivity index (χ0v) is 12.7. The highest BCUT2D eigenvalue weighted by atomic mass is 35.5. The number of fused-ring (bicyclic) bond motifs is 1. The maximum Gasteiger partial charge on any atom is 0.0834 e. The largest absolute Gasteiger partial charge is 0.309 e. The van der Waals surface area contributed by atoms with Crippen molar-refractivity contribution < 1.29 is 0 Å². The van der Waals surface area contributed by atoms with E-state index >= 15 is 0 Å². The van der Waals surface area contributed by atoms with Gasteiger partial charge >= 0.3 is 0 Å². The van der Waals surface area contributed by atoms with E-state index in [2.05, 4.69) is 28.9 Å². The number of halogens is 1. The van der Waals surface area contributed by atoms with Crippen molar-refractivity contribution in [3.63, 3.8) is 0 Å². The van der Waals surface area contributed by atoms with Gasteiger partial charge in [0, 0.05) is 6.54 Å². The van der Waals surface area contributed by atoms with Crippen LogP contribution >= 0.6 is 11.6 Å². The lowest BCUT2D eigenvalue weighted by atomic mass is 9.92. The van der Waals surface area contributed by atoms with Gasteiger partial charge in [0.05, 0.1) is 23.0 Å². The van der Waals surface area contributed by atoms with Crippen LogP contribution in [0.5, 0.6) is 0 Å². The number of nitrogens with zero attached hydrogens (tertiary/aromatic N) is 2. The predicted octanol–water partition coefficient (Wildman–Crippen LogP) is 3.64. The molecule has 3 unspecified atom stereocenters. The topological polar surface area (TPSA) is 29.9 Å². The van der Waals surface area contributed by atoms with Gasteiger partial charge in [-0.25, -0.2) is 0 Å². The Morgan fingerprint density at radius 1 is 1.37 bits per heavy atom. The lowest BCUT2D eigenvalue weighted by molar-refractivity contribution is 0.327. The normalized spacial score (nSPS) is 30.4. The average molecular weight is 282 g/mol. The first-order chi connectivity index (χ1) is 9.24. The van der Waals surface area contributed by atoms with E-state index < -0.39 is 0 Å². The van der Waals surface area contributed by atoms with E-state index in [1.165, 1.54) is 25.0 Å². The molecule has 1 N–H and O–H groups in total. The van der Waals surface area contributed by atoms with Crippen LogP contribution < -0.4 is 5.32 Å². The quantitative estimate of drug-likeness (QED) is 0.863. The van der Waals surface area contributed by atoms with Crippen LogP contribution in [0.15, 0.2) is 6.20 Å². The van der Waals surface area contributed by atoms with E-state index in [1.54, 1.807) is 0 Å². The van der Waals surface area contributed by atoms with E-state index in [0.29, 0.717) is 6.04 Å². The van der Waals surface area contributed by atoms with Crippen LogP contribution in [0.1, 0.15) is 51.3 Å². The second-order valence-corrected chi connectivity index (χ2v) is 6.53. The molecule has 2 fully saturated rings. The third-order valence-electron chi connectivity index (χ3n) is 4.74. The molecule has 1 heterocycles. The van der Waals surface area contributed by atoms with Gasteiger partial charge in [0.15, 0.2) is 0 Å². The molecular formula is C15H24ClN3. The Morgan fingerprint density at radius 3 is 2.74 bits per heavy atom.